The summed E-state index contributed by atoms with van der Waals surface area (Å²) in [6.45, 7) is -0.175. The van der Waals surface area contributed by atoms with Crippen molar-refractivity contribution < 1.29 is 19.5 Å². The number of carboxylic acid groups (broad SMARTS) is 1. The Kier molecular flexibility index (Phi) is 3.84. The van der Waals surface area contributed by atoms with E-state index in [9.17, 15) is 19.5 Å². The zero-order chi connectivity index (χ0) is 15.6. The zero-order valence-corrected chi connectivity index (χ0v) is 11.6. The summed E-state index contributed by atoms with van der Waals surface area (Å²) in [5.41, 5.74) is 5.52. The van der Waals surface area contributed by atoms with Crippen LogP contribution >= 0.6 is 0 Å². The van der Waals surface area contributed by atoms with Gasteiger partial charge < -0.3 is 21.1 Å². The van der Waals surface area contributed by atoms with Crippen LogP contribution in [0.3, 0.4) is 0 Å². The number of primary amides is 1. The fourth-order valence-electron chi connectivity index (χ4n) is 2.15. The smallest absolute Gasteiger partial charge is 0.322 e. The summed E-state index contributed by atoms with van der Waals surface area (Å²) in [5, 5.41) is 11.8. The van der Waals surface area contributed by atoms with E-state index in [0.29, 0.717) is 18.5 Å². The number of carbonyl (C=O) groups is 3. The molecule has 0 heterocycles. The Hall–Kier alpha value is -2.57. The van der Waals surface area contributed by atoms with E-state index >= 15 is 0 Å². The molecule has 0 aromatic heterocycles. The summed E-state index contributed by atoms with van der Waals surface area (Å²) < 4.78 is 0. The quantitative estimate of drug-likeness (QED) is 0.743. The van der Waals surface area contributed by atoms with Gasteiger partial charge in [-0.1, -0.05) is 12.1 Å². The Morgan fingerprint density at radius 2 is 1.86 bits per heavy atom. The molecule has 0 spiro atoms. The Labute approximate surface area is 121 Å². The third kappa shape index (κ3) is 3.13. The van der Waals surface area contributed by atoms with Gasteiger partial charge in [0.2, 0.25) is 5.91 Å². The summed E-state index contributed by atoms with van der Waals surface area (Å²) in [6, 6.07) is 6.24. The van der Waals surface area contributed by atoms with E-state index in [1.807, 2.05) is 0 Å². The van der Waals surface area contributed by atoms with Crippen molar-refractivity contribution in [3.8, 4) is 0 Å². The van der Waals surface area contributed by atoms with Gasteiger partial charge >= 0.3 is 12.0 Å². The first-order valence-corrected chi connectivity index (χ1v) is 6.49. The second-order valence-electron chi connectivity index (χ2n) is 5.22. The van der Waals surface area contributed by atoms with E-state index in [0.717, 1.165) is 10.5 Å². The molecule has 0 saturated heterocycles. The van der Waals surface area contributed by atoms with E-state index in [-0.39, 0.29) is 6.54 Å². The number of carbonyl (C=O) groups excluding carboxylic acids is 2. The zero-order valence-electron chi connectivity index (χ0n) is 11.6. The molecular weight excluding hydrogens is 274 g/mol. The highest BCUT2D eigenvalue weighted by Crippen LogP contribution is 2.48. The average Bonchev–Trinajstić information content (AvgIpc) is 3.20. The largest absolute Gasteiger partial charge is 0.481 e. The molecule has 1 aliphatic rings. The number of rotatable bonds is 5. The lowest BCUT2D eigenvalue weighted by atomic mass is 9.96. The number of aliphatic carboxylic acids is 1. The number of amides is 3. The molecule has 0 aliphatic heterocycles. The number of carboxylic acids is 1. The molecule has 0 unspecified atom stereocenters. The van der Waals surface area contributed by atoms with Crippen molar-refractivity contribution in [2.24, 2.45) is 5.73 Å². The SMILES string of the molecule is CN(CC(N)=O)C(=O)Nc1ccc(C2(C(=O)O)CC2)cc1. The first-order valence-electron chi connectivity index (χ1n) is 6.49. The highest BCUT2D eigenvalue weighted by molar-refractivity contribution is 5.92. The van der Waals surface area contributed by atoms with Crippen LogP contribution in [0.4, 0.5) is 10.5 Å². The lowest BCUT2D eigenvalue weighted by Crippen LogP contribution is -2.38. The van der Waals surface area contributed by atoms with Crippen molar-refractivity contribution in [1.29, 1.82) is 0 Å². The molecule has 0 radical (unpaired) electrons. The Balaban J connectivity index is 2.02. The monoisotopic (exact) mass is 291 g/mol. The maximum Gasteiger partial charge on any atom is 0.322 e. The first kappa shape index (κ1) is 14.8. The van der Waals surface area contributed by atoms with E-state index in [2.05, 4.69) is 5.32 Å². The van der Waals surface area contributed by atoms with Crippen molar-refractivity contribution in [2.75, 3.05) is 18.9 Å². The van der Waals surface area contributed by atoms with E-state index in [1.54, 1.807) is 24.3 Å². The van der Waals surface area contributed by atoms with Gasteiger partial charge in [0, 0.05) is 12.7 Å². The maximum absolute atomic E-state index is 11.8. The molecule has 7 heteroatoms. The van der Waals surface area contributed by atoms with Gasteiger partial charge in [0.1, 0.15) is 6.54 Å². The van der Waals surface area contributed by atoms with Crippen LogP contribution in [0, 0.1) is 0 Å². The molecule has 1 aromatic carbocycles. The lowest BCUT2D eigenvalue weighted by Gasteiger charge is -2.16. The minimum atomic E-state index is -0.819. The average molecular weight is 291 g/mol. The molecule has 3 amide bonds. The van der Waals surface area contributed by atoms with E-state index in [1.165, 1.54) is 7.05 Å². The van der Waals surface area contributed by atoms with Gasteiger partial charge in [0.25, 0.3) is 0 Å². The van der Waals surface area contributed by atoms with Gasteiger partial charge in [-0.15, -0.1) is 0 Å². The Morgan fingerprint density at radius 3 is 2.29 bits per heavy atom. The highest BCUT2D eigenvalue weighted by atomic mass is 16.4. The lowest BCUT2D eigenvalue weighted by molar-refractivity contribution is -0.140. The standard InChI is InChI=1S/C14H17N3O4/c1-17(8-11(15)18)13(21)16-10-4-2-9(3-5-10)14(6-7-14)12(19)20/h2-5H,6-8H2,1H3,(H2,15,18)(H,16,21)(H,19,20). The van der Waals surface area contributed by atoms with Gasteiger partial charge in [-0.3, -0.25) is 9.59 Å². The fraction of sp³-hybridized carbons (Fsp3) is 0.357. The maximum atomic E-state index is 11.8. The van der Waals surface area contributed by atoms with Crippen LogP contribution in [-0.4, -0.2) is 41.5 Å². The van der Waals surface area contributed by atoms with Gasteiger partial charge in [-0.2, -0.15) is 0 Å². The van der Waals surface area contributed by atoms with Crippen LogP contribution in [0.15, 0.2) is 24.3 Å². The highest BCUT2D eigenvalue weighted by Gasteiger charge is 2.51. The third-order valence-electron chi connectivity index (χ3n) is 3.59. The third-order valence-corrected chi connectivity index (χ3v) is 3.59. The molecule has 0 atom stereocenters. The van der Waals surface area contributed by atoms with Gasteiger partial charge in [0.05, 0.1) is 5.41 Å². The van der Waals surface area contributed by atoms with Gasteiger partial charge in [-0.25, -0.2) is 4.79 Å². The first-order chi connectivity index (χ1) is 9.85. The topological polar surface area (TPSA) is 113 Å². The van der Waals surface area contributed by atoms with E-state index < -0.39 is 23.3 Å². The Bertz CT molecular complexity index is 578. The molecule has 21 heavy (non-hydrogen) atoms. The van der Waals surface area contributed by atoms with Crippen molar-refractivity contribution in [3.63, 3.8) is 0 Å². The molecule has 1 aliphatic carbocycles. The van der Waals surface area contributed by atoms with Crippen LogP contribution in [-0.2, 0) is 15.0 Å². The summed E-state index contributed by atoms with van der Waals surface area (Å²) in [5.74, 6) is -1.42. The Morgan fingerprint density at radius 1 is 1.29 bits per heavy atom. The predicted octanol–water partition coefficient (Wildman–Crippen LogP) is 0.752. The number of likely N-dealkylation sites (N-methyl/N-ethyl adjacent to an activating group) is 1. The predicted molar refractivity (Wildman–Crippen MR) is 75.8 cm³/mol. The van der Waals surface area contributed by atoms with Crippen LogP contribution in [0.2, 0.25) is 0 Å². The number of benzene rings is 1. The molecule has 1 fully saturated rings. The molecule has 112 valence electrons. The fourth-order valence-corrected chi connectivity index (χ4v) is 2.15. The number of nitrogens with two attached hydrogens (primary N) is 1. The number of hydrogen-bond acceptors (Lipinski definition) is 3. The number of nitrogens with one attached hydrogen (secondary N) is 1. The van der Waals surface area contributed by atoms with Crippen LogP contribution in [0.25, 0.3) is 0 Å². The van der Waals surface area contributed by atoms with Crippen LogP contribution < -0.4 is 11.1 Å². The minimum Gasteiger partial charge on any atom is -0.481 e. The number of hydrogen-bond donors (Lipinski definition) is 3. The molecular formula is C14H17N3O4. The second kappa shape index (κ2) is 5.43. The molecule has 2 rings (SSSR count). The van der Waals surface area contributed by atoms with Gasteiger partial charge in [-0.05, 0) is 30.5 Å². The summed E-state index contributed by atoms with van der Waals surface area (Å²) in [6.07, 6.45) is 1.27. The van der Waals surface area contributed by atoms with Crippen molar-refractivity contribution in [1.82, 2.24) is 4.90 Å². The number of anilines is 1. The summed E-state index contributed by atoms with van der Waals surface area (Å²) in [7, 11) is 1.46. The molecule has 7 nitrogen and oxygen atoms in total. The van der Waals surface area contributed by atoms with Crippen molar-refractivity contribution in [2.45, 2.75) is 18.3 Å². The summed E-state index contributed by atoms with van der Waals surface area (Å²) in [4.78, 5) is 34.9. The van der Waals surface area contributed by atoms with E-state index in [4.69, 9.17) is 5.73 Å². The molecule has 1 aromatic rings. The minimum absolute atomic E-state index is 0.175. The number of urea groups is 1. The molecule has 0 bridgehead atoms. The molecule has 1 saturated carbocycles. The molecule has 4 N–H and O–H groups in total. The van der Waals surface area contributed by atoms with Gasteiger partial charge in [0.15, 0.2) is 0 Å². The summed E-state index contributed by atoms with van der Waals surface area (Å²) >= 11 is 0. The number of nitrogens with zero attached hydrogens (tertiary/aromatic N) is 1. The van der Waals surface area contributed by atoms with Crippen molar-refractivity contribution in [3.05, 3.63) is 29.8 Å². The van der Waals surface area contributed by atoms with Crippen LogP contribution in [0.5, 0.6) is 0 Å². The second-order valence-corrected chi connectivity index (χ2v) is 5.22. The normalized spacial score (nSPS) is 15.1. The van der Waals surface area contributed by atoms with Crippen molar-refractivity contribution >= 4 is 23.6 Å². The van der Waals surface area contributed by atoms with Crippen LogP contribution in [0.1, 0.15) is 18.4 Å².